The zero-order valence-corrected chi connectivity index (χ0v) is 21.5. The molecule has 42 heavy (non-hydrogen) atoms. The van der Waals surface area contributed by atoms with Crippen molar-refractivity contribution in [3.05, 3.63) is 118 Å². The quantitative estimate of drug-likeness (QED) is 0.228. The average molecular weight is 602 g/mol. The van der Waals surface area contributed by atoms with Crippen molar-refractivity contribution in [2.24, 2.45) is 0 Å². The first-order valence-corrected chi connectivity index (χ1v) is 12.4. The van der Waals surface area contributed by atoms with E-state index in [1.807, 2.05) is 0 Å². The van der Waals surface area contributed by atoms with Gasteiger partial charge >= 0.3 is 6.18 Å². The second-order valence-corrected chi connectivity index (χ2v) is 9.73. The molecule has 2 aromatic heterocycles. The molecule has 0 spiro atoms. The number of aromatic nitrogens is 3. The molecule has 0 unspecified atom stereocenters. The van der Waals surface area contributed by atoms with Gasteiger partial charge in [0.1, 0.15) is 11.6 Å². The number of hydrogen-bond acceptors (Lipinski definition) is 4. The second-order valence-electron chi connectivity index (χ2n) is 9.32. The van der Waals surface area contributed by atoms with Crippen LogP contribution in [-0.2, 0) is 6.18 Å². The molecular weight excluding hydrogens is 588 g/mol. The van der Waals surface area contributed by atoms with Crippen molar-refractivity contribution in [1.29, 1.82) is 0 Å². The van der Waals surface area contributed by atoms with Crippen LogP contribution in [0.2, 0.25) is 5.02 Å². The van der Waals surface area contributed by atoms with Gasteiger partial charge in [0.05, 0.1) is 29.7 Å². The number of nitrogens with one attached hydrogen (secondary N) is 2. The van der Waals surface area contributed by atoms with E-state index < -0.39 is 52.7 Å². The van der Waals surface area contributed by atoms with Crippen molar-refractivity contribution >= 4 is 34.7 Å². The number of imidazole rings is 1. The Labute approximate surface area is 236 Å². The van der Waals surface area contributed by atoms with Crippen LogP contribution >= 0.6 is 11.6 Å². The van der Waals surface area contributed by atoms with E-state index in [0.717, 1.165) is 22.7 Å². The maximum atomic E-state index is 14.2. The summed E-state index contributed by atoms with van der Waals surface area (Å²) in [6.45, 7) is 0. The molecule has 0 radical (unpaired) electrons. The lowest BCUT2D eigenvalue weighted by Crippen LogP contribution is -2.21. The highest BCUT2D eigenvalue weighted by atomic mass is 35.5. The number of anilines is 1. The fraction of sp³-hybridized carbons (Fsp3) is 0.0714. The summed E-state index contributed by atoms with van der Waals surface area (Å²) < 4.78 is 83.5. The summed E-state index contributed by atoms with van der Waals surface area (Å²) in [5.74, 6) is -4.44. The third kappa shape index (κ3) is 4.81. The smallest absolute Gasteiger partial charge is 0.341 e. The molecule has 0 saturated carbocycles. The van der Waals surface area contributed by atoms with E-state index in [0.29, 0.717) is 12.1 Å². The number of nitrogens with zero attached hydrogens (tertiary/aromatic N) is 3. The van der Waals surface area contributed by atoms with Crippen LogP contribution in [0.3, 0.4) is 0 Å². The maximum absolute atomic E-state index is 14.2. The van der Waals surface area contributed by atoms with Crippen LogP contribution in [0.5, 0.6) is 0 Å². The Bertz CT molecular complexity index is 1940. The first-order valence-electron chi connectivity index (χ1n) is 12.0. The van der Waals surface area contributed by atoms with Gasteiger partial charge in [-0.25, -0.2) is 13.8 Å². The molecule has 2 N–H and O–H groups in total. The molecule has 7 nitrogen and oxygen atoms in total. The van der Waals surface area contributed by atoms with E-state index in [4.69, 9.17) is 11.6 Å². The first kappa shape index (κ1) is 27.3. The monoisotopic (exact) mass is 601 g/mol. The lowest BCUT2D eigenvalue weighted by Gasteiger charge is -2.19. The third-order valence-electron chi connectivity index (χ3n) is 6.64. The zero-order valence-electron chi connectivity index (χ0n) is 20.7. The van der Waals surface area contributed by atoms with Crippen LogP contribution in [0, 0.1) is 17.6 Å². The molecule has 14 heteroatoms. The number of halogens is 7. The summed E-state index contributed by atoms with van der Waals surface area (Å²) in [6, 6.07) is 6.48. The molecule has 5 aromatic rings. The van der Waals surface area contributed by atoms with Crippen LogP contribution in [0.4, 0.5) is 32.0 Å². The van der Waals surface area contributed by atoms with Crippen molar-refractivity contribution in [3.8, 4) is 11.3 Å². The molecule has 0 fully saturated rings. The minimum Gasteiger partial charge on any atom is -0.341 e. The van der Waals surface area contributed by atoms with Crippen LogP contribution in [-0.4, -0.2) is 26.2 Å². The molecule has 2 amide bonds. The third-order valence-corrected chi connectivity index (χ3v) is 6.98. The first-order chi connectivity index (χ1) is 19.9. The van der Waals surface area contributed by atoms with Crippen LogP contribution in [0.25, 0.3) is 16.9 Å². The number of rotatable bonds is 4. The summed E-state index contributed by atoms with van der Waals surface area (Å²) in [6.07, 6.45) is -1.39. The average Bonchev–Trinajstić information content (AvgIpc) is 3.48. The van der Waals surface area contributed by atoms with Crippen molar-refractivity contribution in [3.63, 3.8) is 0 Å². The fourth-order valence-electron chi connectivity index (χ4n) is 4.74. The van der Waals surface area contributed by atoms with Gasteiger partial charge in [-0.3, -0.25) is 19.0 Å². The SMILES string of the molecule is O=C(Nc1cc(-c2cn3c(F)cnc3cn2)cc2c1[C@@H](c1cc(F)ccc1Cl)NC2=O)c1cc(F)cc(C(F)(F)F)c1. The van der Waals surface area contributed by atoms with Gasteiger partial charge in [0, 0.05) is 44.7 Å². The summed E-state index contributed by atoms with van der Waals surface area (Å²) in [7, 11) is 0. The second kappa shape index (κ2) is 9.87. The van der Waals surface area contributed by atoms with E-state index in [1.54, 1.807) is 0 Å². The molecule has 0 aliphatic carbocycles. The molecule has 212 valence electrons. The van der Waals surface area contributed by atoms with Gasteiger partial charge in [0.25, 0.3) is 11.8 Å². The number of carbonyl (C=O) groups is 2. The number of fused-ring (bicyclic) bond motifs is 2. The Morgan fingerprint density at radius 2 is 1.76 bits per heavy atom. The Morgan fingerprint density at radius 1 is 0.976 bits per heavy atom. The van der Waals surface area contributed by atoms with Gasteiger partial charge in [0.2, 0.25) is 5.95 Å². The molecule has 0 saturated heterocycles. The highest BCUT2D eigenvalue weighted by molar-refractivity contribution is 6.31. The molecular formula is C28H14ClF6N5O2. The van der Waals surface area contributed by atoms with E-state index in [1.165, 1.54) is 30.6 Å². The fourth-order valence-corrected chi connectivity index (χ4v) is 4.97. The lowest BCUT2D eigenvalue weighted by molar-refractivity contribution is -0.137. The summed E-state index contributed by atoms with van der Waals surface area (Å²) >= 11 is 6.30. The molecule has 1 aliphatic heterocycles. The Hall–Kier alpha value is -4.91. The van der Waals surface area contributed by atoms with E-state index in [-0.39, 0.29) is 50.4 Å². The van der Waals surface area contributed by atoms with Crippen LogP contribution in [0.15, 0.2) is 67.1 Å². The normalized spacial score (nSPS) is 14.6. The van der Waals surface area contributed by atoms with Crippen molar-refractivity contribution < 1.29 is 35.9 Å². The predicted octanol–water partition coefficient (Wildman–Crippen LogP) is 6.57. The predicted molar refractivity (Wildman–Crippen MR) is 138 cm³/mol. The molecule has 1 atom stereocenters. The number of hydrogen-bond donors (Lipinski definition) is 2. The van der Waals surface area contributed by atoms with Crippen LogP contribution in [0.1, 0.15) is 43.4 Å². The molecule has 3 aromatic carbocycles. The number of alkyl halides is 3. The Morgan fingerprint density at radius 3 is 2.52 bits per heavy atom. The molecule has 3 heterocycles. The molecule has 0 bridgehead atoms. The van der Waals surface area contributed by atoms with Crippen molar-refractivity contribution in [2.75, 3.05) is 5.32 Å². The maximum Gasteiger partial charge on any atom is 0.416 e. The minimum atomic E-state index is -4.93. The van der Waals surface area contributed by atoms with Gasteiger partial charge in [-0.2, -0.15) is 17.6 Å². The number of amides is 2. The summed E-state index contributed by atoms with van der Waals surface area (Å²) in [5, 5.41) is 5.19. The van der Waals surface area contributed by atoms with Crippen LogP contribution < -0.4 is 10.6 Å². The van der Waals surface area contributed by atoms with Gasteiger partial charge in [0.15, 0.2) is 5.65 Å². The topological polar surface area (TPSA) is 88.4 Å². The lowest BCUT2D eigenvalue weighted by atomic mass is 9.93. The standard InChI is InChI=1S/C28H14ClF6N5O2/c29-19-2-1-15(30)8-17(19)25-24-18(27(42)39-25)5-12(21-11-40-22(32)9-37-23(40)10-36-21)6-20(24)38-26(41)13-3-14(28(33,34)35)7-16(31)4-13/h1-11,25H,(H,38,41)(H,39,42)/t25-/m1/s1. The van der Waals surface area contributed by atoms with Gasteiger partial charge in [-0.05, 0) is 48.5 Å². The molecule has 6 rings (SSSR count). The van der Waals surface area contributed by atoms with E-state index in [9.17, 15) is 35.9 Å². The number of benzene rings is 3. The van der Waals surface area contributed by atoms with Gasteiger partial charge in [-0.15, -0.1) is 0 Å². The summed E-state index contributed by atoms with van der Waals surface area (Å²) in [5.41, 5.74) is -1.34. The Kier molecular flexibility index (Phi) is 6.41. The highest BCUT2D eigenvalue weighted by Gasteiger charge is 2.36. The van der Waals surface area contributed by atoms with E-state index in [2.05, 4.69) is 20.6 Å². The van der Waals surface area contributed by atoms with Crippen molar-refractivity contribution in [2.45, 2.75) is 12.2 Å². The van der Waals surface area contributed by atoms with Crippen molar-refractivity contribution in [1.82, 2.24) is 19.7 Å². The van der Waals surface area contributed by atoms with Gasteiger partial charge in [-0.1, -0.05) is 11.6 Å². The summed E-state index contributed by atoms with van der Waals surface area (Å²) in [4.78, 5) is 34.4. The molecule has 1 aliphatic rings. The minimum absolute atomic E-state index is 0.00338. The highest BCUT2D eigenvalue weighted by Crippen LogP contribution is 2.42. The van der Waals surface area contributed by atoms with Gasteiger partial charge < -0.3 is 10.6 Å². The number of carbonyl (C=O) groups excluding carboxylic acids is 2. The Balaban J connectivity index is 1.52. The van der Waals surface area contributed by atoms with E-state index >= 15 is 0 Å². The zero-order chi connectivity index (χ0) is 29.9. The largest absolute Gasteiger partial charge is 0.416 e.